The first-order valence-electron chi connectivity index (χ1n) is 5.42. The predicted octanol–water partition coefficient (Wildman–Crippen LogP) is 1.37. The molecule has 0 saturated heterocycles. The number of nitrogens with zero attached hydrogens (tertiary/aromatic N) is 1. The second-order valence-corrected chi connectivity index (χ2v) is 4.22. The average molecular weight is 236 g/mol. The number of nitrogens with one attached hydrogen (secondary N) is 1. The van der Waals surface area contributed by atoms with Crippen LogP contribution in [0.5, 0.6) is 0 Å². The van der Waals surface area contributed by atoms with E-state index in [0.717, 1.165) is 0 Å². The van der Waals surface area contributed by atoms with Gasteiger partial charge in [-0.2, -0.15) is 0 Å². The molecular weight excluding hydrogens is 220 g/mol. The fourth-order valence-electron chi connectivity index (χ4n) is 1.43. The Kier molecular flexibility index (Phi) is 4.63. The predicted molar refractivity (Wildman–Crippen MR) is 62.2 cm³/mol. The summed E-state index contributed by atoms with van der Waals surface area (Å²) < 4.78 is 0. The first-order chi connectivity index (χ1) is 8.00. The Labute approximate surface area is 99.9 Å². The molecule has 0 saturated carbocycles. The van der Waals surface area contributed by atoms with Crippen molar-refractivity contribution in [1.82, 2.24) is 10.3 Å². The minimum absolute atomic E-state index is 0.193. The SMILES string of the molecule is CC(C)CC(=O)NC(C(=O)O)c1cccnc1. The van der Waals surface area contributed by atoms with Gasteiger partial charge in [0.25, 0.3) is 0 Å². The van der Waals surface area contributed by atoms with Gasteiger partial charge in [-0.05, 0) is 12.0 Å². The van der Waals surface area contributed by atoms with Crippen molar-refractivity contribution in [3.05, 3.63) is 30.1 Å². The molecule has 5 heteroatoms. The zero-order valence-electron chi connectivity index (χ0n) is 9.88. The Bertz CT molecular complexity index is 390. The number of carboxylic acids is 1. The van der Waals surface area contributed by atoms with E-state index in [9.17, 15) is 9.59 Å². The Morgan fingerprint density at radius 2 is 2.18 bits per heavy atom. The maximum Gasteiger partial charge on any atom is 0.330 e. The van der Waals surface area contributed by atoms with Crippen molar-refractivity contribution in [2.24, 2.45) is 5.92 Å². The molecule has 0 aliphatic carbocycles. The molecule has 1 aromatic rings. The molecule has 0 bridgehead atoms. The molecule has 5 nitrogen and oxygen atoms in total. The van der Waals surface area contributed by atoms with Crippen LogP contribution in [-0.2, 0) is 9.59 Å². The first kappa shape index (κ1) is 13.2. The van der Waals surface area contributed by atoms with Gasteiger partial charge in [-0.1, -0.05) is 19.9 Å². The van der Waals surface area contributed by atoms with Crippen molar-refractivity contribution < 1.29 is 14.7 Å². The molecule has 1 amide bonds. The van der Waals surface area contributed by atoms with Gasteiger partial charge in [-0.3, -0.25) is 9.78 Å². The fourth-order valence-corrected chi connectivity index (χ4v) is 1.43. The highest BCUT2D eigenvalue weighted by Crippen LogP contribution is 2.12. The van der Waals surface area contributed by atoms with E-state index < -0.39 is 12.0 Å². The van der Waals surface area contributed by atoms with Crippen LogP contribution < -0.4 is 5.32 Å². The third-order valence-electron chi connectivity index (χ3n) is 2.16. The molecule has 0 aliphatic heterocycles. The van der Waals surface area contributed by atoms with Gasteiger partial charge in [0.2, 0.25) is 5.91 Å². The van der Waals surface area contributed by atoms with Crippen LogP contribution in [0.4, 0.5) is 0 Å². The molecule has 92 valence electrons. The first-order valence-corrected chi connectivity index (χ1v) is 5.42. The number of aliphatic carboxylic acids is 1. The van der Waals surface area contributed by atoms with Gasteiger partial charge in [-0.15, -0.1) is 0 Å². The average Bonchev–Trinajstić information content (AvgIpc) is 2.25. The lowest BCUT2D eigenvalue weighted by Crippen LogP contribution is -2.34. The third kappa shape index (κ3) is 4.22. The van der Waals surface area contributed by atoms with Crippen LogP contribution in [-0.4, -0.2) is 22.0 Å². The van der Waals surface area contributed by atoms with Crippen molar-refractivity contribution in [2.45, 2.75) is 26.3 Å². The van der Waals surface area contributed by atoms with Gasteiger partial charge in [0.1, 0.15) is 0 Å². The number of rotatable bonds is 5. The molecule has 0 aliphatic rings. The summed E-state index contributed by atoms with van der Waals surface area (Å²) in [5, 5.41) is 11.6. The molecule has 0 fully saturated rings. The van der Waals surface area contributed by atoms with E-state index in [2.05, 4.69) is 10.3 Å². The molecule has 17 heavy (non-hydrogen) atoms. The van der Waals surface area contributed by atoms with Gasteiger partial charge >= 0.3 is 5.97 Å². The number of hydrogen-bond donors (Lipinski definition) is 2. The van der Waals surface area contributed by atoms with Crippen LogP contribution >= 0.6 is 0 Å². The molecule has 1 rings (SSSR count). The monoisotopic (exact) mass is 236 g/mol. The van der Waals surface area contributed by atoms with Crippen molar-refractivity contribution in [3.63, 3.8) is 0 Å². The number of carboxylic acid groups (broad SMARTS) is 1. The minimum atomic E-state index is -1.09. The quantitative estimate of drug-likeness (QED) is 0.809. The third-order valence-corrected chi connectivity index (χ3v) is 2.16. The summed E-state index contributed by atoms with van der Waals surface area (Å²) in [5.41, 5.74) is 0.470. The summed E-state index contributed by atoms with van der Waals surface area (Å²) in [7, 11) is 0. The Morgan fingerprint density at radius 3 is 2.65 bits per heavy atom. The van der Waals surface area contributed by atoms with Gasteiger partial charge in [0.05, 0.1) is 0 Å². The summed E-state index contributed by atoms with van der Waals surface area (Å²) in [6.45, 7) is 3.80. The summed E-state index contributed by atoms with van der Waals surface area (Å²) in [6.07, 6.45) is 3.30. The highest BCUT2D eigenvalue weighted by atomic mass is 16.4. The van der Waals surface area contributed by atoms with Crippen molar-refractivity contribution in [3.8, 4) is 0 Å². The zero-order chi connectivity index (χ0) is 12.8. The zero-order valence-corrected chi connectivity index (χ0v) is 9.88. The Morgan fingerprint density at radius 1 is 1.47 bits per heavy atom. The second-order valence-electron chi connectivity index (χ2n) is 4.22. The molecule has 1 heterocycles. The summed E-state index contributed by atoms with van der Waals surface area (Å²) in [4.78, 5) is 26.5. The molecule has 1 unspecified atom stereocenters. The van der Waals surface area contributed by atoms with Crippen LogP contribution in [0.2, 0.25) is 0 Å². The smallest absolute Gasteiger partial charge is 0.330 e. The molecular formula is C12H16N2O3. The number of aromatic nitrogens is 1. The molecule has 2 N–H and O–H groups in total. The lowest BCUT2D eigenvalue weighted by atomic mass is 10.1. The standard InChI is InChI=1S/C12H16N2O3/c1-8(2)6-10(15)14-11(12(16)17)9-4-3-5-13-7-9/h3-5,7-8,11H,6H2,1-2H3,(H,14,15)(H,16,17). The van der Waals surface area contributed by atoms with Crippen LogP contribution in [0.25, 0.3) is 0 Å². The van der Waals surface area contributed by atoms with Crippen LogP contribution in [0.15, 0.2) is 24.5 Å². The molecule has 0 spiro atoms. The maximum absolute atomic E-state index is 11.5. The number of amides is 1. The Hall–Kier alpha value is -1.91. The lowest BCUT2D eigenvalue weighted by molar-refractivity contribution is -0.142. The molecule has 0 aromatic carbocycles. The summed E-state index contributed by atoms with van der Waals surface area (Å²) in [6, 6.07) is 2.23. The molecule has 1 atom stereocenters. The van der Waals surface area contributed by atoms with E-state index in [1.54, 1.807) is 18.3 Å². The van der Waals surface area contributed by atoms with E-state index in [-0.39, 0.29) is 11.8 Å². The van der Waals surface area contributed by atoms with E-state index in [1.807, 2.05) is 13.8 Å². The maximum atomic E-state index is 11.5. The second kappa shape index (κ2) is 5.98. The highest BCUT2D eigenvalue weighted by Gasteiger charge is 2.22. The van der Waals surface area contributed by atoms with Gasteiger partial charge < -0.3 is 10.4 Å². The summed E-state index contributed by atoms with van der Waals surface area (Å²) >= 11 is 0. The number of pyridine rings is 1. The van der Waals surface area contributed by atoms with Crippen LogP contribution in [0.3, 0.4) is 0 Å². The number of carbonyl (C=O) groups excluding carboxylic acids is 1. The van der Waals surface area contributed by atoms with Gasteiger partial charge in [-0.25, -0.2) is 4.79 Å². The van der Waals surface area contributed by atoms with Crippen molar-refractivity contribution in [1.29, 1.82) is 0 Å². The number of hydrogen-bond acceptors (Lipinski definition) is 3. The lowest BCUT2D eigenvalue weighted by Gasteiger charge is -2.15. The van der Waals surface area contributed by atoms with Crippen LogP contribution in [0, 0.1) is 5.92 Å². The van der Waals surface area contributed by atoms with E-state index in [0.29, 0.717) is 12.0 Å². The highest BCUT2D eigenvalue weighted by molar-refractivity contribution is 5.84. The van der Waals surface area contributed by atoms with Crippen molar-refractivity contribution in [2.75, 3.05) is 0 Å². The summed E-state index contributed by atoms with van der Waals surface area (Å²) in [5.74, 6) is -1.16. The number of carbonyl (C=O) groups is 2. The van der Waals surface area contributed by atoms with E-state index in [4.69, 9.17) is 5.11 Å². The van der Waals surface area contributed by atoms with Crippen LogP contribution in [0.1, 0.15) is 31.9 Å². The van der Waals surface area contributed by atoms with Crippen molar-refractivity contribution >= 4 is 11.9 Å². The molecule has 0 radical (unpaired) electrons. The van der Waals surface area contributed by atoms with E-state index >= 15 is 0 Å². The van der Waals surface area contributed by atoms with Gasteiger partial charge in [0, 0.05) is 24.4 Å². The largest absolute Gasteiger partial charge is 0.479 e. The molecule has 1 aromatic heterocycles. The fraction of sp³-hybridized carbons (Fsp3) is 0.417. The Balaban J connectivity index is 2.75. The topological polar surface area (TPSA) is 79.3 Å². The normalized spacial score (nSPS) is 12.2. The van der Waals surface area contributed by atoms with Gasteiger partial charge in [0.15, 0.2) is 6.04 Å². The van der Waals surface area contributed by atoms with E-state index in [1.165, 1.54) is 6.20 Å². The minimum Gasteiger partial charge on any atom is -0.479 e.